The van der Waals surface area contributed by atoms with Crippen LogP contribution in [0.2, 0.25) is 0 Å². The SMILES string of the molecule is CN(c1cncnc1)C(C)(C)C. The largest absolute Gasteiger partial charge is 0.367 e. The molecule has 1 heterocycles. The van der Waals surface area contributed by atoms with Gasteiger partial charge >= 0.3 is 0 Å². The van der Waals surface area contributed by atoms with Crippen molar-refractivity contribution in [1.29, 1.82) is 0 Å². The van der Waals surface area contributed by atoms with Gasteiger partial charge in [-0.2, -0.15) is 0 Å². The van der Waals surface area contributed by atoms with Crippen LogP contribution in [0.25, 0.3) is 0 Å². The van der Waals surface area contributed by atoms with E-state index in [9.17, 15) is 0 Å². The minimum atomic E-state index is 0.116. The molecule has 1 aromatic rings. The topological polar surface area (TPSA) is 29.0 Å². The predicted molar refractivity (Wildman–Crippen MR) is 50.2 cm³/mol. The van der Waals surface area contributed by atoms with Crippen molar-refractivity contribution in [2.75, 3.05) is 11.9 Å². The normalized spacial score (nSPS) is 11.3. The zero-order valence-electron chi connectivity index (χ0n) is 8.07. The summed E-state index contributed by atoms with van der Waals surface area (Å²) in [5.41, 5.74) is 1.16. The molecule has 0 unspecified atom stereocenters. The Morgan fingerprint density at radius 3 is 2.08 bits per heavy atom. The van der Waals surface area contributed by atoms with E-state index in [1.807, 2.05) is 19.4 Å². The van der Waals surface area contributed by atoms with E-state index in [0.717, 1.165) is 5.69 Å². The second kappa shape index (κ2) is 3.09. The second-order valence-corrected chi connectivity index (χ2v) is 3.83. The first-order chi connectivity index (χ1) is 5.52. The number of hydrogen-bond acceptors (Lipinski definition) is 3. The Labute approximate surface area is 73.5 Å². The first-order valence-corrected chi connectivity index (χ1v) is 4.00. The molecule has 1 rings (SSSR count). The third kappa shape index (κ3) is 1.94. The zero-order valence-corrected chi connectivity index (χ0v) is 8.07. The number of nitrogens with zero attached hydrogens (tertiary/aromatic N) is 3. The van der Waals surface area contributed by atoms with E-state index < -0.39 is 0 Å². The number of anilines is 1. The smallest absolute Gasteiger partial charge is 0.115 e. The summed E-state index contributed by atoms with van der Waals surface area (Å²) in [5.74, 6) is 0. The average Bonchev–Trinajstić information content (AvgIpc) is 2.03. The fourth-order valence-electron chi connectivity index (χ4n) is 0.852. The van der Waals surface area contributed by atoms with Gasteiger partial charge in [-0.25, -0.2) is 9.97 Å². The van der Waals surface area contributed by atoms with Gasteiger partial charge in [0.25, 0.3) is 0 Å². The van der Waals surface area contributed by atoms with Gasteiger partial charge < -0.3 is 4.90 Å². The molecule has 0 N–H and O–H groups in total. The summed E-state index contributed by atoms with van der Waals surface area (Å²) in [6.45, 7) is 6.46. The number of rotatable bonds is 1. The monoisotopic (exact) mass is 165 g/mol. The molecule has 66 valence electrons. The lowest BCUT2D eigenvalue weighted by Gasteiger charge is -2.33. The van der Waals surface area contributed by atoms with Gasteiger partial charge in [-0.1, -0.05) is 0 Å². The second-order valence-electron chi connectivity index (χ2n) is 3.83. The molecule has 0 saturated carbocycles. The predicted octanol–water partition coefficient (Wildman–Crippen LogP) is 1.71. The minimum Gasteiger partial charge on any atom is -0.367 e. The van der Waals surface area contributed by atoms with Crippen molar-refractivity contribution in [3.8, 4) is 0 Å². The van der Waals surface area contributed by atoms with E-state index in [0.29, 0.717) is 0 Å². The molecule has 0 amide bonds. The molecule has 0 aliphatic carbocycles. The summed E-state index contributed by atoms with van der Waals surface area (Å²) < 4.78 is 0. The van der Waals surface area contributed by atoms with Crippen molar-refractivity contribution in [1.82, 2.24) is 9.97 Å². The summed E-state index contributed by atoms with van der Waals surface area (Å²) in [5, 5.41) is 0. The molecule has 12 heavy (non-hydrogen) atoms. The maximum Gasteiger partial charge on any atom is 0.115 e. The molecule has 3 heteroatoms. The Morgan fingerprint density at radius 2 is 1.67 bits per heavy atom. The maximum absolute atomic E-state index is 3.97. The lowest BCUT2D eigenvalue weighted by molar-refractivity contribution is 0.537. The van der Waals surface area contributed by atoms with Crippen LogP contribution in [0.15, 0.2) is 18.7 Å². The highest BCUT2D eigenvalue weighted by molar-refractivity contribution is 5.42. The lowest BCUT2D eigenvalue weighted by atomic mass is 10.1. The van der Waals surface area contributed by atoms with Crippen molar-refractivity contribution in [3.63, 3.8) is 0 Å². The van der Waals surface area contributed by atoms with E-state index in [1.54, 1.807) is 6.33 Å². The van der Waals surface area contributed by atoms with Crippen molar-refractivity contribution in [3.05, 3.63) is 18.7 Å². The molecule has 0 aromatic carbocycles. The Bertz CT molecular complexity index is 238. The summed E-state index contributed by atoms with van der Waals surface area (Å²) in [6.07, 6.45) is 5.18. The standard InChI is InChI=1S/C9H15N3/c1-9(2,3)12(4)8-5-10-7-11-6-8/h5-7H,1-4H3. The van der Waals surface area contributed by atoms with Crippen LogP contribution in [0.5, 0.6) is 0 Å². The Balaban J connectivity index is 2.86. The highest BCUT2D eigenvalue weighted by Gasteiger charge is 2.17. The van der Waals surface area contributed by atoms with Gasteiger partial charge in [0.2, 0.25) is 0 Å². The molecular formula is C9H15N3. The van der Waals surface area contributed by atoms with Crippen LogP contribution >= 0.6 is 0 Å². The Hall–Kier alpha value is -1.12. The van der Waals surface area contributed by atoms with Gasteiger partial charge in [0.15, 0.2) is 0 Å². The van der Waals surface area contributed by atoms with Gasteiger partial charge in [0.1, 0.15) is 6.33 Å². The maximum atomic E-state index is 3.97. The molecule has 0 aliphatic rings. The van der Waals surface area contributed by atoms with Gasteiger partial charge in [-0.3, -0.25) is 0 Å². The zero-order chi connectivity index (χ0) is 9.19. The van der Waals surface area contributed by atoms with Gasteiger partial charge in [0, 0.05) is 12.6 Å². The molecule has 0 atom stereocenters. The van der Waals surface area contributed by atoms with Crippen molar-refractivity contribution < 1.29 is 0 Å². The van der Waals surface area contributed by atoms with Crippen LogP contribution in [-0.2, 0) is 0 Å². The number of hydrogen-bond donors (Lipinski definition) is 0. The highest BCUT2D eigenvalue weighted by atomic mass is 15.2. The Kier molecular flexibility index (Phi) is 2.31. The molecule has 0 aliphatic heterocycles. The van der Waals surface area contributed by atoms with Crippen molar-refractivity contribution >= 4 is 5.69 Å². The molecule has 0 spiro atoms. The average molecular weight is 165 g/mol. The summed E-state index contributed by atoms with van der Waals surface area (Å²) in [7, 11) is 2.04. The van der Waals surface area contributed by atoms with E-state index in [1.165, 1.54) is 0 Å². The van der Waals surface area contributed by atoms with E-state index >= 15 is 0 Å². The first kappa shape index (κ1) is 8.97. The molecule has 0 fully saturated rings. The Morgan fingerprint density at radius 1 is 1.17 bits per heavy atom. The molecule has 1 aromatic heterocycles. The van der Waals surface area contributed by atoms with Crippen LogP contribution in [0.4, 0.5) is 5.69 Å². The minimum absolute atomic E-state index is 0.116. The molecule has 3 nitrogen and oxygen atoms in total. The van der Waals surface area contributed by atoms with Crippen LogP contribution in [0.3, 0.4) is 0 Å². The summed E-state index contributed by atoms with van der Waals surface area (Å²) in [4.78, 5) is 10.1. The van der Waals surface area contributed by atoms with Crippen molar-refractivity contribution in [2.45, 2.75) is 26.3 Å². The molecule has 0 bridgehead atoms. The third-order valence-corrected chi connectivity index (χ3v) is 1.94. The summed E-state index contributed by atoms with van der Waals surface area (Å²) in [6, 6.07) is 0. The highest BCUT2D eigenvalue weighted by Crippen LogP contribution is 2.18. The lowest BCUT2D eigenvalue weighted by Crippen LogP contribution is -2.38. The van der Waals surface area contributed by atoms with E-state index in [2.05, 4.69) is 35.6 Å². The van der Waals surface area contributed by atoms with Gasteiger partial charge in [-0.15, -0.1) is 0 Å². The van der Waals surface area contributed by atoms with E-state index in [-0.39, 0.29) is 5.54 Å². The number of aromatic nitrogens is 2. The van der Waals surface area contributed by atoms with Crippen LogP contribution < -0.4 is 4.90 Å². The first-order valence-electron chi connectivity index (χ1n) is 4.00. The van der Waals surface area contributed by atoms with Gasteiger partial charge in [-0.05, 0) is 20.8 Å². The molecule has 0 radical (unpaired) electrons. The van der Waals surface area contributed by atoms with Crippen LogP contribution in [0.1, 0.15) is 20.8 Å². The quantitative estimate of drug-likeness (QED) is 0.634. The molecular weight excluding hydrogens is 150 g/mol. The fourth-order valence-corrected chi connectivity index (χ4v) is 0.852. The van der Waals surface area contributed by atoms with Crippen LogP contribution in [0, 0.1) is 0 Å². The van der Waals surface area contributed by atoms with Gasteiger partial charge in [0.05, 0.1) is 18.1 Å². The third-order valence-electron chi connectivity index (χ3n) is 1.94. The summed E-state index contributed by atoms with van der Waals surface area (Å²) >= 11 is 0. The van der Waals surface area contributed by atoms with E-state index in [4.69, 9.17) is 0 Å². The van der Waals surface area contributed by atoms with Crippen molar-refractivity contribution in [2.24, 2.45) is 0 Å². The molecule has 0 saturated heterocycles. The fraction of sp³-hybridized carbons (Fsp3) is 0.556. The van der Waals surface area contributed by atoms with Crippen LogP contribution in [-0.4, -0.2) is 22.6 Å².